The first-order valence-corrected chi connectivity index (χ1v) is 10.7. The number of benzene rings is 2. The molecule has 0 aliphatic carbocycles. The Labute approximate surface area is 184 Å². The molecule has 5 nitrogen and oxygen atoms in total. The third-order valence-electron chi connectivity index (χ3n) is 5.22. The lowest BCUT2D eigenvalue weighted by atomic mass is 10.0. The van der Waals surface area contributed by atoms with Crippen LogP contribution >= 0.6 is 34.8 Å². The molecule has 0 bridgehead atoms. The van der Waals surface area contributed by atoms with E-state index in [0.717, 1.165) is 54.2 Å². The number of aryl methyl sites for hydroxylation is 1. The number of anilines is 2. The number of carbonyl (C=O) groups is 1. The average molecular weight is 452 g/mol. The molecule has 1 atom stereocenters. The summed E-state index contributed by atoms with van der Waals surface area (Å²) in [6.45, 7) is 5.19. The minimum Gasteiger partial charge on any atom is -0.349 e. The van der Waals surface area contributed by atoms with Gasteiger partial charge in [-0.05, 0) is 37.1 Å². The number of hydrogen-bond donors (Lipinski definition) is 1. The molecule has 152 valence electrons. The van der Waals surface area contributed by atoms with Gasteiger partial charge in [0.1, 0.15) is 5.52 Å². The van der Waals surface area contributed by atoms with Gasteiger partial charge in [0.25, 0.3) is 0 Å². The maximum atomic E-state index is 11.7. The van der Waals surface area contributed by atoms with Crippen LogP contribution < -0.4 is 10.2 Å². The van der Waals surface area contributed by atoms with Crippen LogP contribution in [0.1, 0.15) is 38.3 Å². The fourth-order valence-corrected chi connectivity index (χ4v) is 4.69. The molecule has 0 saturated carbocycles. The fraction of sp³-hybridized carbons (Fsp3) is 0.333. The van der Waals surface area contributed by atoms with Crippen molar-refractivity contribution in [1.29, 1.82) is 0 Å². The van der Waals surface area contributed by atoms with E-state index in [2.05, 4.69) is 14.8 Å². The summed E-state index contributed by atoms with van der Waals surface area (Å²) in [5.74, 6) is 0.732. The van der Waals surface area contributed by atoms with Crippen LogP contribution in [0.25, 0.3) is 11.0 Å². The van der Waals surface area contributed by atoms with Crippen molar-refractivity contribution in [2.24, 2.45) is 0 Å². The number of rotatable bonds is 4. The standard InChI is InChI=1S/C21H21Cl3N4O/c1-3-17(25-12(2)29)14-6-7-15(23)19-20(14)28-10-4-9-27(21(28)26-19)18-8-5-13(22)11-16(18)24/h5-8,11,17H,3-4,9-10H2,1-2H3,(H,25,29). The molecule has 1 amide bonds. The molecule has 0 fully saturated rings. The summed E-state index contributed by atoms with van der Waals surface area (Å²) < 4.78 is 2.18. The van der Waals surface area contributed by atoms with Gasteiger partial charge in [0.15, 0.2) is 0 Å². The SMILES string of the molecule is CCC(NC(C)=O)c1ccc(Cl)c2nc3n(c12)CCCN3c1ccc(Cl)cc1Cl. The third-order valence-corrected chi connectivity index (χ3v) is 6.07. The topological polar surface area (TPSA) is 50.2 Å². The Morgan fingerprint density at radius 3 is 2.66 bits per heavy atom. The van der Waals surface area contributed by atoms with Crippen LogP contribution in [0.15, 0.2) is 30.3 Å². The Kier molecular flexibility index (Phi) is 5.65. The molecule has 1 unspecified atom stereocenters. The molecular weight excluding hydrogens is 431 g/mol. The van der Waals surface area contributed by atoms with Gasteiger partial charge >= 0.3 is 0 Å². The van der Waals surface area contributed by atoms with E-state index in [1.54, 1.807) is 6.07 Å². The summed E-state index contributed by atoms with van der Waals surface area (Å²) in [7, 11) is 0. The molecule has 0 radical (unpaired) electrons. The van der Waals surface area contributed by atoms with Crippen LogP contribution in [0.2, 0.25) is 15.1 Å². The van der Waals surface area contributed by atoms with Gasteiger partial charge < -0.3 is 14.8 Å². The second-order valence-electron chi connectivity index (χ2n) is 7.16. The first kappa shape index (κ1) is 20.3. The summed E-state index contributed by atoms with van der Waals surface area (Å²) in [4.78, 5) is 18.7. The van der Waals surface area contributed by atoms with Crippen molar-refractivity contribution in [2.45, 2.75) is 39.3 Å². The van der Waals surface area contributed by atoms with E-state index in [0.29, 0.717) is 15.1 Å². The minimum absolute atomic E-state index is 0.0621. The van der Waals surface area contributed by atoms with Crippen LogP contribution in [0.3, 0.4) is 0 Å². The molecule has 1 N–H and O–H groups in total. The number of nitrogens with zero attached hydrogens (tertiary/aromatic N) is 3. The minimum atomic E-state index is -0.109. The third kappa shape index (κ3) is 3.67. The summed E-state index contributed by atoms with van der Waals surface area (Å²) in [6, 6.07) is 9.20. The van der Waals surface area contributed by atoms with Gasteiger partial charge in [-0.15, -0.1) is 0 Å². The van der Waals surface area contributed by atoms with Crippen molar-refractivity contribution >= 4 is 63.4 Å². The lowest BCUT2D eigenvalue weighted by molar-refractivity contribution is -0.119. The maximum Gasteiger partial charge on any atom is 0.217 e. The largest absolute Gasteiger partial charge is 0.349 e. The van der Waals surface area contributed by atoms with Crippen molar-refractivity contribution in [3.05, 3.63) is 51.0 Å². The van der Waals surface area contributed by atoms with Gasteiger partial charge in [0.2, 0.25) is 11.9 Å². The summed E-state index contributed by atoms with van der Waals surface area (Å²) in [6.07, 6.45) is 1.70. The van der Waals surface area contributed by atoms with Crippen LogP contribution in [0.4, 0.5) is 11.6 Å². The van der Waals surface area contributed by atoms with E-state index in [-0.39, 0.29) is 11.9 Å². The lowest BCUT2D eigenvalue weighted by Crippen LogP contribution is -2.29. The highest BCUT2D eigenvalue weighted by Gasteiger charge is 2.28. The number of hydrogen-bond acceptors (Lipinski definition) is 3. The van der Waals surface area contributed by atoms with E-state index in [1.165, 1.54) is 6.92 Å². The predicted molar refractivity (Wildman–Crippen MR) is 120 cm³/mol. The van der Waals surface area contributed by atoms with Crippen molar-refractivity contribution in [3.63, 3.8) is 0 Å². The van der Waals surface area contributed by atoms with Crippen LogP contribution in [0, 0.1) is 0 Å². The van der Waals surface area contributed by atoms with Crippen molar-refractivity contribution in [1.82, 2.24) is 14.9 Å². The highest BCUT2D eigenvalue weighted by Crippen LogP contribution is 2.40. The van der Waals surface area contributed by atoms with Crippen LogP contribution in [-0.2, 0) is 11.3 Å². The van der Waals surface area contributed by atoms with Crippen molar-refractivity contribution in [2.75, 3.05) is 11.4 Å². The average Bonchev–Trinajstić information content (AvgIpc) is 3.08. The van der Waals surface area contributed by atoms with Crippen molar-refractivity contribution in [3.8, 4) is 0 Å². The monoisotopic (exact) mass is 450 g/mol. The number of nitrogens with one attached hydrogen (secondary N) is 1. The molecule has 1 aliphatic heterocycles. The molecule has 2 heterocycles. The summed E-state index contributed by atoms with van der Waals surface area (Å²) in [5.41, 5.74) is 3.58. The number of fused-ring (bicyclic) bond motifs is 3. The predicted octanol–water partition coefficient (Wildman–Crippen LogP) is 6.13. The number of imidazole rings is 1. The van der Waals surface area contributed by atoms with Gasteiger partial charge in [0, 0.05) is 30.6 Å². The highest BCUT2D eigenvalue weighted by molar-refractivity contribution is 6.36. The van der Waals surface area contributed by atoms with E-state index in [4.69, 9.17) is 39.8 Å². The van der Waals surface area contributed by atoms with Crippen LogP contribution in [-0.4, -0.2) is 22.0 Å². The van der Waals surface area contributed by atoms with E-state index in [9.17, 15) is 4.79 Å². The fourth-order valence-electron chi connectivity index (χ4n) is 3.98. The van der Waals surface area contributed by atoms with Gasteiger partial charge in [-0.25, -0.2) is 4.98 Å². The Morgan fingerprint density at radius 2 is 1.97 bits per heavy atom. The lowest BCUT2D eigenvalue weighted by Gasteiger charge is -2.30. The van der Waals surface area contributed by atoms with Gasteiger partial charge in [-0.2, -0.15) is 0 Å². The molecule has 8 heteroatoms. The zero-order valence-electron chi connectivity index (χ0n) is 16.2. The molecule has 1 aliphatic rings. The maximum absolute atomic E-state index is 11.7. The van der Waals surface area contributed by atoms with E-state index in [1.807, 2.05) is 31.2 Å². The highest BCUT2D eigenvalue weighted by atomic mass is 35.5. The molecule has 4 rings (SSSR count). The normalized spacial score (nSPS) is 14.7. The number of carbonyl (C=O) groups excluding carboxylic acids is 1. The molecule has 2 aromatic carbocycles. The molecule has 29 heavy (non-hydrogen) atoms. The number of halogens is 3. The van der Waals surface area contributed by atoms with Crippen molar-refractivity contribution < 1.29 is 4.79 Å². The zero-order valence-corrected chi connectivity index (χ0v) is 18.4. The smallest absolute Gasteiger partial charge is 0.217 e. The Hall–Kier alpha value is -1.95. The van der Waals surface area contributed by atoms with Gasteiger partial charge in [-0.3, -0.25) is 4.79 Å². The van der Waals surface area contributed by atoms with Gasteiger partial charge in [0.05, 0.1) is 27.3 Å². The second-order valence-corrected chi connectivity index (χ2v) is 8.41. The first-order chi connectivity index (χ1) is 13.9. The van der Waals surface area contributed by atoms with Gasteiger partial charge in [-0.1, -0.05) is 47.8 Å². The molecule has 0 saturated heterocycles. The van der Waals surface area contributed by atoms with E-state index >= 15 is 0 Å². The van der Waals surface area contributed by atoms with Crippen LogP contribution in [0.5, 0.6) is 0 Å². The zero-order chi connectivity index (χ0) is 20.7. The van der Waals surface area contributed by atoms with E-state index < -0.39 is 0 Å². The molecule has 0 spiro atoms. The Bertz CT molecular complexity index is 1100. The molecule has 3 aromatic rings. The number of aromatic nitrogens is 2. The second kappa shape index (κ2) is 8.05. The Morgan fingerprint density at radius 1 is 1.17 bits per heavy atom. The summed E-state index contributed by atoms with van der Waals surface area (Å²) in [5, 5.41) is 4.80. The Balaban J connectivity index is 1.91. The first-order valence-electron chi connectivity index (χ1n) is 9.59. The molecular formula is C21H21Cl3N4O. The number of amides is 1. The quantitative estimate of drug-likeness (QED) is 0.519. The molecule has 1 aromatic heterocycles. The summed E-state index contributed by atoms with van der Waals surface area (Å²) >= 11 is 19.1.